The quantitative estimate of drug-likeness (QED) is 0.943. The van der Waals surface area contributed by atoms with Gasteiger partial charge in [0.1, 0.15) is 0 Å². The second-order valence-electron chi connectivity index (χ2n) is 6.02. The van der Waals surface area contributed by atoms with E-state index in [1.165, 1.54) is 5.56 Å². The SMILES string of the molecule is COCc1cccc(C(=O)N2C[C@@H](N)[C@H](c3ccccc3)C2)c1. The van der Waals surface area contributed by atoms with Crippen LogP contribution in [-0.2, 0) is 11.3 Å². The number of carbonyl (C=O) groups excluding carboxylic acids is 1. The number of amides is 1. The van der Waals surface area contributed by atoms with Gasteiger partial charge in [-0.2, -0.15) is 0 Å². The number of ether oxygens (including phenoxy) is 1. The summed E-state index contributed by atoms with van der Waals surface area (Å²) in [5.74, 6) is 0.235. The minimum absolute atomic E-state index is 0.0245. The third-order valence-corrected chi connectivity index (χ3v) is 4.36. The van der Waals surface area contributed by atoms with E-state index in [9.17, 15) is 4.79 Å². The van der Waals surface area contributed by atoms with E-state index in [4.69, 9.17) is 10.5 Å². The van der Waals surface area contributed by atoms with Gasteiger partial charge in [-0.25, -0.2) is 0 Å². The Labute approximate surface area is 136 Å². The van der Waals surface area contributed by atoms with Crippen molar-refractivity contribution in [2.75, 3.05) is 20.2 Å². The number of methoxy groups -OCH3 is 1. The van der Waals surface area contributed by atoms with Gasteiger partial charge in [0.15, 0.2) is 0 Å². The molecule has 1 amide bonds. The molecule has 0 spiro atoms. The van der Waals surface area contributed by atoms with Crippen molar-refractivity contribution < 1.29 is 9.53 Å². The average molecular weight is 310 g/mol. The van der Waals surface area contributed by atoms with Crippen LogP contribution in [0.1, 0.15) is 27.4 Å². The van der Waals surface area contributed by atoms with Crippen LogP contribution in [0.2, 0.25) is 0 Å². The van der Waals surface area contributed by atoms with Crippen LogP contribution in [-0.4, -0.2) is 37.0 Å². The number of benzene rings is 2. The number of likely N-dealkylation sites (tertiary alicyclic amines) is 1. The molecule has 4 nitrogen and oxygen atoms in total. The summed E-state index contributed by atoms with van der Waals surface area (Å²) in [5.41, 5.74) is 9.17. The summed E-state index contributed by atoms with van der Waals surface area (Å²) in [6.07, 6.45) is 0. The molecule has 120 valence electrons. The third-order valence-electron chi connectivity index (χ3n) is 4.36. The van der Waals surface area contributed by atoms with Gasteiger partial charge in [-0.1, -0.05) is 42.5 Å². The number of carbonyl (C=O) groups is 1. The van der Waals surface area contributed by atoms with Crippen molar-refractivity contribution in [3.63, 3.8) is 0 Å². The monoisotopic (exact) mass is 310 g/mol. The lowest BCUT2D eigenvalue weighted by molar-refractivity contribution is 0.0789. The molecule has 1 saturated heterocycles. The highest BCUT2D eigenvalue weighted by molar-refractivity contribution is 5.94. The molecule has 4 heteroatoms. The van der Waals surface area contributed by atoms with Crippen molar-refractivity contribution >= 4 is 5.91 Å². The van der Waals surface area contributed by atoms with E-state index in [0.29, 0.717) is 25.3 Å². The van der Waals surface area contributed by atoms with Crippen LogP contribution in [0.3, 0.4) is 0 Å². The van der Waals surface area contributed by atoms with Crippen molar-refractivity contribution in [3.8, 4) is 0 Å². The minimum atomic E-state index is -0.0245. The fourth-order valence-electron chi connectivity index (χ4n) is 3.19. The molecule has 1 fully saturated rings. The molecule has 1 aliphatic heterocycles. The van der Waals surface area contributed by atoms with Crippen molar-refractivity contribution in [3.05, 3.63) is 71.3 Å². The highest BCUT2D eigenvalue weighted by Gasteiger charge is 2.34. The molecule has 2 aromatic rings. The largest absolute Gasteiger partial charge is 0.380 e. The van der Waals surface area contributed by atoms with Crippen molar-refractivity contribution in [1.82, 2.24) is 4.90 Å². The van der Waals surface area contributed by atoms with Crippen molar-refractivity contribution in [2.45, 2.75) is 18.6 Å². The maximum atomic E-state index is 12.8. The van der Waals surface area contributed by atoms with Crippen LogP contribution in [0.25, 0.3) is 0 Å². The standard InChI is InChI=1S/C19H22N2O2/c1-23-13-14-6-5-9-16(10-14)19(22)21-11-17(18(20)12-21)15-7-3-2-4-8-15/h2-10,17-18H,11-13,20H2,1H3/t17-,18+/m0/s1. The Kier molecular flexibility index (Phi) is 4.74. The lowest BCUT2D eigenvalue weighted by atomic mass is 9.95. The van der Waals surface area contributed by atoms with Crippen LogP contribution in [0.15, 0.2) is 54.6 Å². The van der Waals surface area contributed by atoms with E-state index in [1.54, 1.807) is 7.11 Å². The van der Waals surface area contributed by atoms with Crippen molar-refractivity contribution in [2.24, 2.45) is 5.73 Å². The highest BCUT2D eigenvalue weighted by atomic mass is 16.5. The Morgan fingerprint density at radius 1 is 1.17 bits per heavy atom. The molecule has 2 atom stereocenters. The molecular formula is C19H22N2O2. The molecule has 1 heterocycles. The normalized spacial score (nSPS) is 20.7. The molecule has 0 aromatic heterocycles. The Morgan fingerprint density at radius 2 is 1.96 bits per heavy atom. The van der Waals surface area contributed by atoms with Gasteiger partial charge in [-0.15, -0.1) is 0 Å². The molecule has 1 aliphatic rings. The molecule has 3 rings (SSSR count). The number of nitrogens with zero attached hydrogens (tertiary/aromatic N) is 1. The van der Waals surface area contributed by atoms with Gasteiger partial charge in [0.25, 0.3) is 5.91 Å². The van der Waals surface area contributed by atoms with Gasteiger partial charge >= 0.3 is 0 Å². The van der Waals surface area contributed by atoms with E-state index >= 15 is 0 Å². The molecule has 0 bridgehead atoms. The zero-order chi connectivity index (χ0) is 16.2. The van der Waals surface area contributed by atoms with Crippen LogP contribution in [0.4, 0.5) is 0 Å². The van der Waals surface area contributed by atoms with Gasteiger partial charge in [0.2, 0.25) is 0 Å². The zero-order valence-corrected chi connectivity index (χ0v) is 13.3. The summed E-state index contributed by atoms with van der Waals surface area (Å²) in [5, 5.41) is 0. The summed E-state index contributed by atoms with van der Waals surface area (Å²) in [7, 11) is 1.65. The van der Waals surface area contributed by atoms with Gasteiger partial charge < -0.3 is 15.4 Å². The minimum Gasteiger partial charge on any atom is -0.380 e. The summed E-state index contributed by atoms with van der Waals surface area (Å²) in [6.45, 7) is 1.76. The van der Waals surface area contributed by atoms with Crippen LogP contribution in [0, 0.1) is 0 Å². The number of hydrogen-bond donors (Lipinski definition) is 1. The highest BCUT2D eigenvalue weighted by Crippen LogP contribution is 2.27. The van der Waals surface area contributed by atoms with Gasteiger partial charge in [0, 0.05) is 37.7 Å². The van der Waals surface area contributed by atoms with E-state index < -0.39 is 0 Å². The maximum absolute atomic E-state index is 12.8. The first-order valence-electron chi connectivity index (χ1n) is 7.86. The predicted octanol–water partition coefficient (Wildman–Crippen LogP) is 2.40. The van der Waals surface area contributed by atoms with Crippen LogP contribution < -0.4 is 5.73 Å². The summed E-state index contributed by atoms with van der Waals surface area (Å²) < 4.78 is 5.14. The molecule has 23 heavy (non-hydrogen) atoms. The fraction of sp³-hybridized carbons (Fsp3) is 0.316. The number of hydrogen-bond acceptors (Lipinski definition) is 3. The molecule has 0 unspecified atom stereocenters. The van der Waals surface area contributed by atoms with Crippen LogP contribution in [0.5, 0.6) is 0 Å². The summed E-state index contributed by atoms with van der Waals surface area (Å²) >= 11 is 0. The fourth-order valence-corrected chi connectivity index (χ4v) is 3.19. The van der Waals surface area contributed by atoms with E-state index in [1.807, 2.05) is 47.4 Å². The third kappa shape index (κ3) is 3.44. The summed E-state index contributed by atoms with van der Waals surface area (Å²) in [6, 6.07) is 17.8. The molecule has 2 aromatic carbocycles. The predicted molar refractivity (Wildman–Crippen MR) is 90.2 cm³/mol. The Balaban J connectivity index is 1.75. The van der Waals surface area contributed by atoms with E-state index in [2.05, 4.69) is 12.1 Å². The topological polar surface area (TPSA) is 55.6 Å². The van der Waals surface area contributed by atoms with E-state index in [-0.39, 0.29) is 17.9 Å². The molecular weight excluding hydrogens is 288 g/mol. The zero-order valence-electron chi connectivity index (χ0n) is 13.3. The summed E-state index contributed by atoms with van der Waals surface area (Å²) in [4.78, 5) is 14.6. The first-order valence-corrected chi connectivity index (χ1v) is 7.86. The first kappa shape index (κ1) is 15.7. The van der Waals surface area contributed by atoms with Crippen molar-refractivity contribution in [1.29, 1.82) is 0 Å². The lowest BCUT2D eigenvalue weighted by Gasteiger charge is -2.17. The van der Waals surface area contributed by atoms with Gasteiger partial charge in [0.05, 0.1) is 6.61 Å². The van der Waals surface area contributed by atoms with Gasteiger partial charge in [-0.05, 0) is 23.3 Å². The smallest absolute Gasteiger partial charge is 0.253 e. The average Bonchev–Trinajstić information content (AvgIpc) is 2.97. The first-order chi connectivity index (χ1) is 11.2. The maximum Gasteiger partial charge on any atom is 0.253 e. The Bertz CT molecular complexity index is 672. The van der Waals surface area contributed by atoms with E-state index in [0.717, 1.165) is 5.56 Å². The molecule has 0 saturated carbocycles. The lowest BCUT2D eigenvalue weighted by Crippen LogP contribution is -2.32. The van der Waals surface area contributed by atoms with Gasteiger partial charge in [-0.3, -0.25) is 4.79 Å². The molecule has 0 radical (unpaired) electrons. The molecule has 2 N–H and O–H groups in total. The second kappa shape index (κ2) is 6.94. The van der Waals surface area contributed by atoms with Crippen LogP contribution >= 0.6 is 0 Å². The Morgan fingerprint density at radius 3 is 2.70 bits per heavy atom. The number of nitrogens with two attached hydrogens (primary N) is 1. The Hall–Kier alpha value is -2.17. The molecule has 0 aliphatic carbocycles. The number of rotatable bonds is 4. The second-order valence-corrected chi connectivity index (χ2v) is 6.02.